The van der Waals surface area contributed by atoms with Crippen molar-refractivity contribution in [3.8, 4) is 11.1 Å². The zero-order valence-corrected chi connectivity index (χ0v) is 18.5. The van der Waals surface area contributed by atoms with E-state index in [1.807, 2.05) is 43.3 Å². The van der Waals surface area contributed by atoms with Gasteiger partial charge in [0.2, 0.25) is 5.91 Å². The molecule has 2 N–H and O–H groups in total. The molecule has 1 saturated heterocycles. The van der Waals surface area contributed by atoms with Crippen LogP contribution in [0.3, 0.4) is 0 Å². The van der Waals surface area contributed by atoms with Gasteiger partial charge in [0.1, 0.15) is 12.6 Å². The van der Waals surface area contributed by atoms with Crippen LogP contribution in [0.15, 0.2) is 48.5 Å². The number of benzene rings is 2. The van der Waals surface area contributed by atoms with Crippen LogP contribution in [0.25, 0.3) is 11.1 Å². The second-order valence-electron chi connectivity index (χ2n) is 9.03. The van der Waals surface area contributed by atoms with E-state index < -0.39 is 23.5 Å². The molecule has 2 aliphatic rings. The van der Waals surface area contributed by atoms with Gasteiger partial charge in [0, 0.05) is 19.0 Å². The van der Waals surface area contributed by atoms with E-state index in [2.05, 4.69) is 17.4 Å². The second kappa shape index (κ2) is 8.30. The van der Waals surface area contributed by atoms with Crippen molar-refractivity contribution in [1.82, 2.24) is 10.2 Å². The molecule has 2 amide bonds. The molecule has 1 aliphatic heterocycles. The number of carboxylic acids is 1. The van der Waals surface area contributed by atoms with Crippen molar-refractivity contribution in [3.63, 3.8) is 0 Å². The van der Waals surface area contributed by atoms with Crippen LogP contribution in [0.1, 0.15) is 37.8 Å². The van der Waals surface area contributed by atoms with Crippen LogP contribution < -0.4 is 5.32 Å². The van der Waals surface area contributed by atoms with Gasteiger partial charge in [0.15, 0.2) is 0 Å². The van der Waals surface area contributed by atoms with E-state index in [4.69, 9.17) is 4.74 Å². The maximum atomic E-state index is 12.8. The van der Waals surface area contributed by atoms with Gasteiger partial charge in [-0.15, -0.1) is 0 Å². The second-order valence-corrected chi connectivity index (χ2v) is 9.03. The van der Waals surface area contributed by atoms with Crippen molar-refractivity contribution in [2.24, 2.45) is 11.3 Å². The number of alkyl carbamates (subject to hydrolysis) is 1. The van der Waals surface area contributed by atoms with Crippen LogP contribution in [-0.4, -0.2) is 53.7 Å². The lowest BCUT2D eigenvalue weighted by molar-refractivity contribution is -0.149. The van der Waals surface area contributed by atoms with Crippen molar-refractivity contribution < 1.29 is 24.2 Å². The Bertz CT molecular complexity index is 1020. The number of nitrogens with zero attached hydrogens (tertiary/aromatic N) is 1. The summed E-state index contributed by atoms with van der Waals surface area (Å²) in [6, 6.07) is 15.3. The highest BCUT2D eigenvalue weighted by atomic mass is 16.5. The molecule has 0 saturated carbocycles. The van der Waals surface area contributed by atoms with E-state index in [1.54, 1.807) is 13.8 Å². The summed E-state index contributed by atoms with van der Waals surface area (Å²) in [6.45, 7) is 5.70. The molecule has 2 aromatic rings. The predicted molar refractivity (Wildman–Crippen MR) is 119 cm³/mol. The number of likely N-dealkylation sites (tertiary alicyclic amines) is 1. The molecular weight excluding hydrogens is 408 g/mol. The number of amides is 2. The lowest BCUT2D eigenvalue weighted by atomic mass is 9.81. The zero-order valence-electron chi connectivity index (χ0n) is 18.5. The number of aliphatic carboxylic acids is 1. The summed E-state index contributed by atoms with van der Waals surface area (Å²) in [5, 5.41) is 12.1. The maximum Gasteiger partial charge on any atom is 0.407 e. The summed E-state index contributed by atoms with van der Waals surface area (Å²) in [6.07, 6.45) is -0.666. The highest BCUT2D eigenvalue weighted by Crippen LogP contribution is 2.44. The number of carboxylic acid groups (broad SMARTS) is 1. The highest BCUT2D eigenvalue weighted by Gasteiger charge is 2.48. The lowest BCUT2D eigenvalue weighted by Crippen LogP contribution is -2.47. The lowest BCUT2D eigenvalue weighted by Gasteiger charge is -2.24. The van der Waals surface area contributed by atoms with Crippen LogP contribution >= 0.6 is 0 Å². The first-order chi connectivity index (χ1) is 15.2. The first-order valence-electron chi connectivity index (χ1n) is 10.9. The fourth-order valence-corrected chi connectivity index (χ4v) is 4.75. The first-order valence-corrected chi connectivity index (χ1v) is 10.9. The Morgan fingerprint density at radius 3 is 2.22 bits per heavy atom. The van der Waals surface area contributed by atoms with Crippen LogP contribution in [-0.2, 0) is 14.3 Å². The summed E-state index contributed by atoms with van der Waals surface area (Å²) < 4.78 is 5.51. The average Bonchev–Trinajstić information content (AvgIpc) is 3.27. The summed E-state index contributed by atoms with van der Waals surface area (Å²) in [4.78, 5) is 38.4. The molecule has 2 aromatic carbocycles. The molecule has 1 heterocycles. The van der Waals surface area contributed by atoms with E-state index >= 15 is 0 Å². The van der Waals surface area contributed by atoms with Gasteiger partial charge in [-0.3, -0.25) is 9.59 Å². The van der Waals surface area contributed by atoms with Crippen molar-refractivity contribution in [2.45, 2.75) is 32.7 Å². The minimum Gasteiger partial charge on any atom is -0.481 e. The Balaban J connectivity index is 1.37. The molecule has 0 aromatic heterocycles. The van der Waals surface area contributed by atoms with Gasteiger partial charge in [-0.1, -0.05) is 55.5 Å². The Labute approximate surface area is 187 Å². The normalized spacial score (nSPS) is 22.7. The van der Waals surface area contributed by atoms with E-state index in [1.165, 1.54) is 4.90 Å². The molecule has 7 nitrogen and oxygen atoms in total. The molecule has 1 aliphatic carbocycles. The largest absolute Gasteiger partial charge is 0.481 e. The third-order valence-corrected chi connectivity index (χ3v) is 6.95. The zero-order chi connectivity index (χ0) is 23.0. The summed E-state index contributed by atoms with van der Waals surface area (Å²) >= 11 is 0. The molecule has 3 unspecified atom stereocenters. The number of hydrogen-bond acceptors (Lipinski definition) is 4. The topological polar surface area (TPSA) is 95.9 Å². The molecule has 4 rings (SSSR count). The molecule has 168 valence electrons. The number of rotatable bonds is 5. The summed E-state index contributed by atoms with van der Waals surface area (Å²) in [7, 11) is 0. The third kappa shape index (κ3) is 3.72. The van der Waals surface area contributed by atoms with Crippen LogP contribution in [0.4, 0.5) is 4.79 Å². The fraction of sp³-hybridized carbons (Fsp3) is 0.400. The van der Waals surface area contributed by atoms with Crippen molar-refractivity contribution in [3.05, 3.63) is 59.7 Å². The number of nitrogens with one attached hydrogen (secondary N) is 1. The highest BCUT2D eigenvalue weighted by molar-refractivity contribution is 5.87. The van der Waals surface area contributed by atoms with Gasteiger partial charge < -0.3 is 20.1 Å². The Morgan fingerprint density at radius 2 is 1.69 bits per heavy atom. The summed E-state index contributed by atoms with van der Waals surface area (Å²) in [5.41, 5.74) is 3.53. The van der Waals surface area contributed by atoms with E-state index in [0.717, 1.165) is 22.3 Å². The van der Waals surface area contributed by atoms with Gasteiger partial charge in [0.05, 0.1) is 5.41 Å². The number of hydrogen-bond donors (Lipinski definition) is 2. The maximum absolute atomic E-state index is 12.8. The molecule has 7 heteroatoms. The molecule has 0 bridgehead atoms. The average molecular weight is 437 g/mol. The van der Waals surface area contributed by atoms with Crippen molar-refractivity contribution >= 4 is 18.0 Å². The van der Waals surface area contributed by atoms with Crippen molar-refractivity contribution in [2.75, 3.05) is 19.7 Å². The SMILES string of the molecule is CC(NC(=O)OCC1c2ccccc2-c2ccccc21)C(=O)N1CC(C)C(C)(C(=O)O)C1. The smallest absolute Gasteiger partial charge is 0.407 e. The molecule has 0 radical (unpaired) electrons. The monoisotopic (exact) mass is 436 g/mol. The minimum atomic E-state index is -0.987. The van der Waals surface area contributed by atoms with Crippen molar-refractivity contribution in [1.29, 1.82) is 0 Å². The number of carbonyl (C=O) groups is 3. The number of fused-ring (bicyclic) bond motifs is 3. The van der Waals surface area contributed by atoms with Crippen LogP contribution in [0.2, 0.25) is 0 Å². The molecule has 32 heavy (non-hydrogen) atoms. The molecule has 1 fully saturated rings. The van der Waals surface area contributed by atoms with Crippen LogP contribution in [0.5, 0.6) is 0 Å². The quantitative estimate of drug-likeness (QED) is 0.748. The third-order valence-electron chi connectivity index (χ3n) is 6.95. The van der Waals surface area contributed by atoms with Gasteiger partial charge >= 0.3 is 12.1 Å². The fourth-order valence-electron chi connectivity index (χ4n) is 4.75. The van der Waals surface area contributed by atoms with Gasteiger partial charge in [-0.25, -0.2) is 4.79 Å². The first kappa shape index (κ1) is 21.9. The Hall–Kier alpha value is -3.35. The predicted octanol–water partition coefficient (Wildman–Crippen LogP) is 3.48. The standard InChI is InChI=1S/C25H28N2O5/c1-15-12-27(14-25(15,3)23(29)30)22(28)16(2)26-24(31)32-13-21-19-10-6-4-8-17(19)18-9-5-7-11-20(18)21/h4-11,15-16,21H,12-14H2,1-3H3,(H,26,31)(H,29,30). The molecular formula is C25H28N2O5. The van der Waals surface area contributed by atoms with E-state index in [0.29, 0.717) is 6.54 Å². The van der Waals surface area contributed by atoms with Gasteiger partial charge in [-0.2, -0.15) is 0 Å². The van der Waals surface area contributed by atoms with Gasteiger partial charge in [-0.05, 0) is 42.0 Å². The van der Waals surface area contributed by atoms with Crippen LogP contribution in [0, 0.1) is 11.3 Å². The molecule has 0 spiro atoms. The summed E-state index contributed by atoms with van der Waals surface area (Å²) in [5.74, 6) is -1.46. The minimum absolute atomic E-state index is 0.0603. The van der Waals surface area contributed by atoms with E-state index in [9.17, 15) is 19.5 Å². The Morgan fingerprint density at radius 1 is 1.12 bits per heavy atom. The number of ether oxygens (including phenoxy) is 1. The Kier molecular flexibility index (Phi) is 5.67. The van der Waals surface area contributed by atoms with E-state index in [-0.39, 0.29) is 30.9 Å². The number of carbonyl (C=O) groups excluding carboxylic acids is 2. The van der Waals surface area contributed by atoms with Gasteiger partial charge in [0.25, 0.3) is 0 Å². The molecule has 3 atom stereocenters.